The van der Waals surface area contributed by atoms with E-state index in [2.05, 4.69) is 6.92 Å². The molecule has 0 aliphatic heterocycles. The van der Waals surface area contributed by atoms with E-state index in [4.69, 9.17) is 22.1 Å². The molecule has 0 aliphatic carbocycles. The van der Waals surface area contributed by atoms with Gasteiger partial charge in [-0.2, -0.15) is 0 Å². The summed E-state index contributed by atoms with van der Waals surface area (Å²) in [6.07, 6.45) is 0.926. The Morgan fingerprint density at radius 1 is 1.10 bits per heavy atom. The quantitative estimate of drug-likeness (QED) is 0.844. The fourth-order valence-electron chi connectivity index (χ4n) is 2.20. The van der Waals surface area contributed by atoms with E-state index in [1.165, 1.54) is 0 Å². The van der Waals surface area contributed by atoms with E-state index >= 15 is 0 Å². The van der Waals surface area contributed by atoms with E-state index in [0.717, 1.165) is 39.6 Å². The molecule has 2 aromatic carbocycles. The van der Waals surface area contributed by atoms with Crippen LogP contribution in [-0.4, -0.2) is 0 Å². The molecule has 2 nitrogen and oxygen atoms in total. The van der Waals surface area contributed by atoms with Crippen LogP contribution in [0.25, 0.3) is 0 Å². The molecule has 2 N–H and O–H groups in total. The van der Waals surface area contributed by atoms with Crippen molar-refractivity contribution in [1.29, 1.82) is 0 Å². The highest BCUT2D eigenvalue weighted by Gasteiger charge is 2.08. The zero-order valence-corrected chi connectivity index (χ0v) is 12.9. The predicted octanol–water partition coefficient (Wildman–Crippen LogP) is 5.16. The van der Waals surface area contributed by atoms with E-state index in [-0.39, 0.29) is 6.04 Å². The summed E-state index contributed by atoms with van der Waals surface area (Å²) in [6.45, 7) is 6.07. The molecule has 0 bridgehead atoms. The second-order valence-corrected chi connectivity index (χ2v) is 5.49. The summed E-state index contributed by atoms with van der Waals surface area (Å²) in [6, 6.07) is 11.9. The number of hydrogen-bond acceptors (Lipinski definition) is 2. The van der Waals surface area contributed by atoms with Gasteiger partial charge in [-0.3, -0.25) is 0 Å². The Hall–Kier alpha value is -1.51. The van der Waals surface area contributed by atoms with Gasteiger partial charge in [0.15, 0.2) is 0 Å². The highest BCUT2D eigenvalue weighted by molar-refractivity contribution is 6.30. The van der Waals surface area contributed by atoms with Crippen LogP contribution in [0.2, 0.25) is 5.02 Å². The lowest BCUT2D eigenvalue weighted by Gasteiger charge is -2.14. The number of aryl methyl sites for hydroxylation is 2. The Bertz CT molecular complexity index is 569. The van der Waals surface area contributed by atoms with Crippen LogP contribution in [0.5, 0.6) is 11.5 Å². The molecule has 20 heavy (non-hydrogen) atoms. The van der Waals surface area contributed by atoms with Gasteiger partial charge in [0.05, 0.1) is 0 Å². The molecule has 1 atom stereocenters. The highest BCUT2D eigenvalue weighted by Crippen LogP contribution is 2.31. The minimum atomic E-state index is 0.0862. The molecule has 0 amide bonds. The van der Waals surface area contributed by atoms with Crippen LogP contribution in [0.15, 0.2) is 36.4 Å². The maximum atomic E-state index is 6.03. The van der Waals surface area contributed by atoms with E-state index in [0.29, 0.717) is 0 Å². The van der Waals surface area contributed by atoms with E-state index in [9.17, 15) is 0 Å². The van der Waals surface area contributed by atoms with Crippen molar-refractivity contribution in [2.24, 2.45) is 5.73 Å². The minimum absolute atomic E-state index is 0.0862. The van der Waals surface area contributed by atoms with Crippen LogP contribution >= 0.6 is 11.6 Å². The summed E-state index contributed by atoms with van der Waals surface area (Å²) in [5.41, 5.74) is 9.20. The largest absolute Gasteiger partial charge is 0.457 e. The molecular weight excluding hydrogens is 270 g/mol. The van der Waals surface area contributed by atoms with Gasteiger partial charge in [-0.05, 0) is 61.2 Å². The molecule has 0 fully saturated rings. The van der Waals surface area contributed by atoms with E-state index < -0.39 is 0 Å². The number of halogens is 1. The molecule has 0 aromatic heterocycles. The molecule has 0 saturated carbocycles. The lowest BCUT2D eigenvalue weighted by atomic mass is 10.1. The lowest BCUT2D eigenvalue weighted by Crippen LogP contribution is -2.08. The average Bonchev–Trinajstić information content (AvgIpc) is 2.42. The summed E-state index contributed by atoms with van der Waals surface area (Å²) in [7, 11) is 0. The van der Waals surface area contributed by atoms with Gasteiger partial charge in [0.1, 0.15) is 11.5 Å². The van der Waals surface area contributed by atoms with Gasteiger partial charge >= 0.3 is 0 Å². The fourth-order valence-corrected chi connectivity index (χ4v) is 2.52. The molecule has 0 saturated heterocycles. The Kier molecular flexibility index (Phi) is 4.69. The molecule has 106 valence electrons. The predicted molar refractivity (Wildman–Crippen MR) is 84.7 cm³/mol. The second kappa shape index (κ2) is 6.29. The Labute approximate surface area is 125 Å². The molecule has 0 aliphatic rings. The van der Waals surface area contributed by atoms with Crippen LogP contribution < -0.4 is 10.5 Å². The van der Waals surface area contributed by atoms with Gasteiger partial charge in [-0.15, -0.1) is 0 Å². The maximum Gasteiger partial charge on any atom is 0.133 e. The van der Waals surface area contributed by atoms with Crippen molar-refractivity contribution < 1.29 is 4.74 Å². The molecule has 0 heterocycles. The number of benzene rings is 2. The second-order valence-electron chi connectivity index (χ2n) is 5.05. The number of rotatable bonds is 4. The van der Waals surface area contributed by atoms with Gasteiger partial charge in [0, 0.05) is 11.1 Å². The maximum absolute atomic E-state index is 6.03. The van der Waals surface area contributed by atoms with Gasteiger partial charge < -0.3 is 10.5 Å². The van der Waals surface area contributed by atoms with Crippen molar-refractivity contribution in [2.45, 2.75) is 33.2 Å². The topological polar surface area (TPSA) is 35.2 Å². The Balaban J connectivity index is 2.23. The minimum Gasteiger partial charge on any atom is -0.457 e. The normalized spacial score (nSPS) is 12.2. The molecule has 0 radical (unpaired) electrons. The number of ether oxygens (including phenoxy) is 1. The molecule has 0 spiro atoms. The highest BCUT2D eigenvalue weighted by atomic mass is 35.5. The average molecular weight is 290 g/mol. The van der Waals surface area contributed by atoms with Crippen molar-refractivity contribution in [3.05, 3.63) is 58.1 Å². The molecule has 1 unspecified atom stereocenters. The molecule has 3 heteroatoms. The third kappa shape index (κ3) is 3.33. The fraction of sp³-hybridized carbons (Fsp3) is 0.294. The van der Waals surface area contributed by atoms with Crippen LogP contribution in [0.3, 0.4) is 0 Å². The summed E-state index contributed by atoms with van der Waals surface area (Å²) in [4.78, 5) is 0. The van der Waals surface area contributed by atoms with Crippen molar-refractivity contribution >= 4 is 11.6 Å². The number of nitrogens with two attached hydrogens (primary N) is 1. The van der Waals surface area contributed by atoms with Crippen LogP contribution in [0.4, 0.5) is 0 Å². The smallest absolute Gasteiger partial charge is 0.133 e. The lowest BCUT2D eigenvalue weighted by molar-refractivity contribution is 0.474. The van der Waals surface area contributed by atoms with Crippen LogP contribution in [0, 0.1) is 13.8 Å². The summed E-state index contributed by atoms with van der Waals surface area (Å²) in [5, 5.41) is 0.733. The first-order valence-corrected chi connectivity index (χ1v) is 7.19. The van der Waals surface area contributed by atoms with Gasteiger partial charge in [-0.25, -0.2) is 0 Å². The third-order valence-electron chi connectivity index (χ3n) is 3.39. The first-order valence-electron chi connectivity index (χ1n) is 6.81. The first kappa shape index (κ1) is 14.9. The van der Waals surface area contributed by atoms with Crippen LogP contribution in [-0.2, 0) is 0 Å². The summed E-state index contributed by atoms with van der Waals surface area (Å²) >= 11 is 6.03. The third-order valence-corrected chi connectivity index (χ3v) is 3.61. The van der Waals surface area contributed by atoms with Crippen molar-refractivity contribution in [3.8, 4) is 11.5 Å². The van der Waals surface area contributed by atoms with Gasteiger partial charge in [-0.1, -0.05) is 30.7 Å². The van der Waals surface area contributed by atoms with Crippen molar-refractivity contribution in [2.75, 3.05) is 0 Å². The zero-order chi connectivity index (χ0) is 14.7. The molecule has 2 rings (SSSR count). The standard InChI is InChI=1S/C17H20ClNO/c1-4-16(19)13-5-7-15(8-6-13)20-17-11(2)9-14(18)10-12(17)3/h5-10,16H,4,19H2,1-3H3. The summed E-state index contributed by atoms with van der Waals surface area (Å²) < 4.78 is 5.96. The van der Waals surface area contributed by atoms with Gasteiger partial charge in [0.25, 0.3) is 0 Å². The molecular formula is C17H20ClNO. The van der Waals surface area contributed by atoms with E-state index in [1.54, 1.807) is 0 Å². The Morgan fingerprint density at radius 3 is 2.15 bits per heavy atom. The SMILES string of the molecule is CCC(N)c1ccc(Oc2c(C)cc(Cl)cc2C)cc1. The van der Waals surface area contributed by atoms with Crippen molar-refractivity contribution in [1.82, 2.24) is 0 Å². The van der Waals surface area contributed by atoms with Crippen molar-refractivity contribution in [3.63, 3.8) is 0 Å². The first-order chi connectivity index (χ1) is 9.51. The number of hydrogen-bond donors (Lipinski definition) is 1. The van der Waals surface area contributed by atoms with E-state index in [1.807, 2.05) is 50.2 Å². The van der Waals surface area contributed by atoms with Crippen LogP contribution in [0.1, 0.15) is 36.1 Å². The van der Waals surface area contributed by atoms with Gasteiger partial charge in [0.2, 0.25) is 0 Å². The Morgan fingerprint density at radius 2 is 1.65 bits per heavy atom. The summed E-state index contributed by atoms with van der Waals surface area (Å²) in [5.74, 6) is 1.67. The molecule has 2 aromatic rings. The zero-order valence-electron chi connectivity index (χ0n) is 12.1. The monoisotopic (exact) mass is 289 g/mol.